The fourth-order valence-electron chi connectivity index (χ4n) is 1.26. The Labute approximate surface area is 105 Å². The molecule has 0 aliphatic rings. The number of hydrogen-bond acceptors (Lipinski definition) is 1. The molecule has 2 nitrogen and oxygen atoms in total. The number of rotatable bonds is 2. The zero-order valence-electron chi connectivity index (χ0n) is 7.62. The summed E-state index contributed by atoms with van der Waals surface area (Å²) in [4.78, 5) is 4.09. The third kappa shape index (κ3) is 2.15. The van der Waals surface area contributed by atoms with Gasteiger partial charge in [-0.25, -0.2) is 9.37 Å². The molecule has 1 aromatic heterocycles. The number of hydrogen-bond donors (Lipinski definition) is 0. The van der Waals surface area contributed by atoms with Crippen molar-refractivity contribution in [2.24, 2.45) is 0 Å². The van der Waals surface area contributed by atoms with E-state index in [4.69, 9.17) is 11.6 Å². The molecule has 78 valence electrons. The van der Waals surface area contributed by atoms with E-state index in [9.17, 15) is 4.39 Å². The first-order chi connectivity index (χ1) is 7.22. The van der Waals surface area contributed by atoms with E-state index in [0.29, 0.717) is 9.45 Å². The van der Waals surface area contributed by atoms with Gasteiger partial charge < -0.3 is 4.57 Å². The van der Waals surface area contributed by atoms with Crippen LogP contribution in [0, 0.1) is 9.39 Å². The molecule has 2 aromatic rings. The predicted octanol–water partition coefficient (Wildman–Crippen LogP) is 3.35. The molecular formula is C10H7ClFIN2. The lowest BCUT2D eigenvalue weighted by Crippen LogP contribution is -1.95. The first-order valence-corrected chi connectivity index (χ1v) is 5.87. The molecule has 1 heterocycles. The Morgan fingerprint density at radius 1 is 1.47 bits per heavy atom. The summed E-state index contributed by atoms with van der Waals surface area (Å²) in [6.07, 6.45) is 3.43. The van der Waals surface area contributed by atoms with Crippen molar-refractivity contribution in [1.82, 2.24) is 9.55 Å². The fourth-order valence-corrected chi connectivity index (χ4v) is 2.03. The second-order valence-electron chi connectivity index (χ2n) is 2.98. The van der Waals surface area contributed by atoms with Crippen LogP contribution in [0.25, 0.3) is 5.69 Å². The summed E-state index contributed by atoms with van der Waals surface area (Å²) in [7, 11) is 0. The van der Waals surface area contributed by atoms with Crippen molar-refractivity contribution in [3.8, 4) is 5.69 Å². The van der Waals surface area contributed by atoms with Crippen molar-refractivity contribution in [3.05, 3.63) is 45.8 Å². The Balaban J connectivity index is 2.49. The molecule has 1 aromatic carbocycles. The van der Waals surface area contributed by atoms with Gasteiger partial charge in [0.05, 0.1) is 27.2 Å². The maximum Gasteiger partial charge on any atom is 0.138 e. The third-order valence-corrected chi connectivity index (χ3v) is 3.32. The highest BCUT2D eigenvalue weighted by atomic mass is 127. The van der Waals surface area contributed by atoms with E-state index in [1.54, 1.807) is 23.2 Å². The quantitative estimate of drug-likeness (QED) is 0.607. The van der Waals surface area contributed by atoms with E-state index >= 15 is 0 Å². The lowest BCUT2D eigenvalue weighted by Gasteiger charge is -2.05. The van der Waals surface area contributed by atoms with Crippen molar-refractivity contribution >= 4 is 34.2 Å². The molecule has 0 unspecified atom stereocenters. The summed E-state index contributed by atoms with van der Waals surface area (Å²) >= 11 is 7.62. The summed E-state index contributed by atoms with van der Waals surface area (Å²) in [5, 5.41) is 0. The average Bonchev–Trinajstić information content (AvgIpc) is 2.70. The SMILES string of the molecule is Fc1cccc(-n2cnc(CCl)c2)c1I. The third-order valence-electron chi connectivity index (χ3n) is 1.98. The highest BCUT2D eigenvalue weighted by molar-refractivity contribution is 14.1. The second kappa shape index (κ2) is 4.49. The van der Waals surface area contributed by atoms with Crippen LogP contribution in [0.15, 0.2) is 30.7 Å². The summed E-state index contributed by atoms with van der Waals surface area (Å²) < 4.78 is 15.6. The normalized spacial score (nSPS) is 10.6. The maximum absolute atomic E-state index is 13.3. The molecule has 0 spiro atoms. The van der Waals surface area contributed by atoms with Crippen LogP contribution < -0.4 is 0 Å². The molecule has 15 heavy (non-hydrogen) atoms. The van der Waals surface area contributed by atoms with Crippen molar-refractivity contribution in [2.75, 3.05) is 0 Å². The average molecular weight is 337 g/mol. The standard InChI is InChI=1S/C10H7ClFIN2/c11-4-7-5-15(6-14-7)9-3-1-2-8(12)10(9)13/h1-3,5-6H,4H2. The predicted molar refractivity (Wildman–Crippen MR) is 65.8 cm³/mol. The van der Waals surface area contributed by atoms with E-state index in [0.717, 1.165) is 11.4 Å². The van der Waals surface area contributed by atoms with Gasteiger partial charge in [-0.3, -0.25) is 0 Å². The molecule has 0 radical (unpaired) electrons. The summed E-state index contributed by atoms with van der Waals surface area (Å²) in [5.41, 5.74) is 1.55. The zero-order valence-corrected chi connectivity index (χ0v) is 10.5. The molecule has 5 heteroatoms. The molecule has 0 atom stereocenters. The van der Waals surface area contributed by atoms with Gasteiger partial charge in [-0.1, -0.05) is 6.07 Å². The van der Waals surface area contributed by atoms with Gasteiger partial charge in [0.2, 0.25) is 0 Å². The first-order valence-electron chi connectivity index (χ1n) is 4.25. The van der Waals surface area contributed by atoms with Crippen LogP contribution in [0.5, 0.6) is 0 Å². The van der Waals surface area contributed by atoms with E-state index in [1.807, 2.05) is 28.7 Å². The molecule has 2 rings (SSSR count). The monoisotopic (exact) mass is 336 g/mol. The first kappa shape index (κ1) is 10.9. The lowest BCUT2D eigenvalue weighted by molar-refractivity contribution is 0.618. The van der Waals surface area contributed by atoms with Crippen LogP contribution in [0.4, 0.5) is 4.39 Å². The molecule has 0 bridgehead atoms. The largest absolute Gasteiger partial charge is 0.305 e. The Hall–Kier alpha value is -0.620. The Bertz CT molecular complexity index is 484. The lowest BCUT2D eigenvalue weighted by atomic mass is 10.3. The van der Waals surface area contributed by atoms with Gasteiger partial charge in [0.15, 0.2) is 0 Å². The van der Waals surface area contributed by atoms with Crippen molar-refractivity contribution in [1.29, 1.82) is 0 Å². The van der Waals surface area contributed by atoms with Crippen molar-refractivity contribution in [2.45, 2.75) is 5.88 Å². The molecule has 0 aliphatic heterocycles. The number of halogens is 3. The van der Waals surface area contributed by atoms with Gasteiger partial charge in [-0.2, -0.15) is 0 Å². The Kier molecular flexibility index (Phi) is 3.25. The van der Waals surface area contributed by atoms with E-state index < -0.39 is 0 Å². The Morgan fingerprint density at radius 2 is 2.27 bits per heavy atom. The molecule has 0 N–H and O–H groups in total. The number of aromatic nitrogens is 2. The van der Waals surface area contributed by atoms with E-state index in [-0.39, 0.29) is 5.82 Å². The summed E-state index contributed by atoms with van der Waals surface area (Å²) in [6.45, 7) is 0. The number of benzene rings is 1. The second-order valence-corrected chi connectivity index (χ2v) is 4.32. The molecule has 0 amide bonds. The highest BCUT2D eigenvalue weighted by Gasteiger charge is 2.07. The minimum absolute atomic E-state index is 0.228. The van der Waals surface area contributed by atoms with E-state index in [2.05, 4.69) is 4.98 Å². The number of alkyl halides is 1. The minimum Gasteiger partial charge on any atom is -0.305 e. The van der Waals surface area contributed by atoms with Crippen LogP contribution in [-0.2, 0) is 5.88 Å². The van der Waals surface area contributed by atoms with E-state index in [1.165, 1.54) is 6.07 Å². The highest BCUT2D eigenvalue weighted by Crippen LogP contribution is 2.20. The number of nitrogens with zero attached hydrogens (tertiary/aromatic N) is 2. The molecule has 0 fully saturated rings. The maximum atomic E-state index is 13.3. The fraction of sp³-hybridized carbons (Fsp3) is 0.100. The molecule has 0 saturated heterocycles. The topological polar surface area (TPSA) is 17.8 Å². The number of imidazole rings is 1. The summed E-state index contributed by atoms with van der Waals surface area (Å²) in [5.74, 6) is 0.132. The van der Waals surface area contributed by atoms with Gasteiger partial charge in [-0.15, -0.1) is 11.6 Å². The zero-order chi connectivity index (χ0) is 10.8. The van der Waals surface area contributed by atoms with Gasteiger partial charge >= 0.3 is 0 Å². The molecule has 0 saturated carbocycles. The Morgan fingerprint density at radius 3 is 2.93 bits per heavy atom. The van der Waals surface area contributed by atoms with Gasteiger partial charge in [-0.05, 0) is 34.7 Å². The summed E-state index contributed by atoms with van der Waals surface area (Å²) in [6, 6.07) is 4.95. The van der Waals surface area contributed by atoms with Crippen molar-refractivity contribution in [3.63, 3.8) is 0 Å². The van der Waals surface area contributed by atoms with Crippen molar-refractivity contribution < 1.29 is 4.39 Å². The smallest absolute Gasteiger partial charge is 0.138 e. The molecular weight excluding hydrogens is 329 g/mol. The van der Waals surface area contributed by atoms with Crippen LogP contribution in [-0.4, -0.2) is 9.55 Å². The van der Waals surface area contributed by atoms with Crippen LogP contribution in [0.2, 0.25) is 0 Å². The van der Waals surface area contributed by atoms with Gasteiger partial charge in [0, 0.05) is 6.20 Å². The van der Waals surface area contributed by atoms with Crippen LogP contribution in [0.1, 0.15) is 5.69 Å². The minimum atomic E-state index is -0.228. The van der Waals surface area contributed by atoms with Gasteiger partial charge in [0.25, 0.3) is 0 Å². The molecule has 0 aliphatic carbocycles. The van der Waals surface area contributed by atoms with Crippen LogP contribution in [0.3, 0.4) is 0 Å². The van der Waals surface area contributed by atoms with Gasteiger partial charge in [0.1, 0.15) is 5.82 Å². The van der Waals surface area contributed by atoms with Crippen LogP contribution >= 0.6 is 34.2 Å².